The van der Waals surface area contributed by atoms with E-state index in [9.17, 15) is 0 Å². The summed E-state index contributed by atoms with van der Waals surface area (Å²) in [5.41, 5.74) is 1.05. The fourth-order valence-corrected chi connectivity index (χ4v) is 3.07. The van der Waals surface area contributed by atoms with Gasteiger partial charge in [0, 0.05) is 26.1 Å². The lowest BCUT2D eigenvalue weighted by atomic mass is 10.0. The van der Waals surface area contributed by atoms with E-state index in [0.717, 1.165) is 39.0 Å². The minimum Gasteiger partial charge on any atom is -0.353 e. The van der Waals surface area contributed by atoms with Crippen molar-refractivity contribution in [2.24, 2.45) is 0 Å². The summed E-state index contributed by atoms with van der Waals surface area (Å²) in [5.74, 6) is 0. The highest BCUT2D eigenvalue weighted by molar-refractivity contribution is 5.15. The molecule has 0 bridgehead atoms. The molecular formula is C18H25NO2. The summed E-state index contributed by atoms with van der Waals surface area (Å²) >= 11 is 0. The third-order valence-corrected chi connectivity index (χ3v) is 4.40. The Bertz CT molecular complexity index is 467. The normalized spacial score (nSPS) is 30.4. The van der Waals surface area contributed by atoms with Gasteiger partial charge in [-0.1, -0.05) is 42.5 Å². The standard InChI is InChI=1S/C18H25NO2/c1-18(21-17-11-5-8-14-20-17)12-6-7-13-19(18)15-16-9-3-2-4-10-16/h2-4,6-7,9-10,17H,5,8,11-15H2,1H3. The van der Waals surface area contributed by atoms with E-state index in [1.165, 1.54) is 12.0 Å². The molecule has 2 aliphatic heterocycles. The van der Waals surface area contributed by atoms with E-state index in [0.29, 0.717) is 0 Å². The third-order valence-electron chi connectivity index (χ3n) is 4.40. The highest BCUT2D eigenvalue weighted by Gasteiger charge is 2.36. The molecule has 2 atom stereocenters. The van der Waals surface area contributed by atoms with Gasteiger partial charge in [0.2, 0.25) is 0 Å². The molecule has 1 aromatic rings. The van der Waals surface area contributed by atoms with Crippen molar-refractivity contribution in [3.8, 4) is 0 Å². The van der Waals surface area contributed by atoms with Crippen molar-refractivity contribution in [2.45, 2.75) is 51.2 Å². The Morgan fingerprint density at radius 2 is 2.10 bits per heavy atom. The summed E-state index contributed by atoms with van der Waals surface area (Å²) in [6.07, 6.45) is 8.70. The molecule has 2 heterocycles. The monoisotopic (exact) mass is 287 g/mol. The van der Waals surface area contributed by atoms with Crippen LogP contribution in [0.5, 0.6) is 0 Å². The minimum atomic E-state index is -0.271. The zero-order valence-electron chi connectivity index (χ0n) is 12.8. The summed E-state index contributed by atoms with van der Waals surface area (Å²) in [4.78, 5) is 2.40. The molecule has 2 unspecified atom stereocenters. The second-order valence-electron chi connectivity index (χ2n) is 6.13. The number of ether oxygens (including phenoxy) is 2. The molecule has 0 radical (unpaired) electrons. The Hall–Kier alpha value is -1.16. The summed E-state index contributed by atoms with van der Waals surface area (Å²) in [5, 5.41) is 0. The van der Waals surface area contributed by atoms with E-state index in [2.05, 4.69) is 54.3 Å². The van der Waals surface area contributed by atoms with Crippen LogP contribution >= 0.6 is 0 Å². The predicted molar refractivity (Wildman–Crippen MR) is 83.7 cm³/mol. The topological polar surface area (TPSA) is 21.7 Å². The molecule has 3 rings (SSSR count). The van der Waals surface area contributed by atoms with Crippen LogP contribution in [0.3, 0.4) is 0 Å². The highest BCUT2D eigenvalue weighted by Crippen LogP contribution is 2.31. The smallest absolute Gasteiger partial charge is 0.159 e. The van der Waals surface area contributed by atoms with Gasteiger partial charge in [0.05, 0.1) is 0 Å². The first-order chi connectivity index (χ1) is 10.3. The number of hydrogen-bond acceptors (Lipinski definition) is 3. The van der Waals surface area contributed by atoms with E-state index in [1.807, 2.05) is 0 Å². The maximum absolute atomic E-state index is 6.36. The predicted octanol–water partition coefficient (Wildman–Crippen LogP) is 3.71. The zero-order valence-corrected chi connectivity index (χ0v) is 12.8. The van der Waals surface area contributed by atoms with Crippen LogP contribution in [0.4, 0.5) is 0 Å². The van der Waals surface area contributed by atoms with E-state index in [1.54, 1.807) is 0 Å². The van der Waals surface area contributed by atoms with Gasteiger partial charge in [-0.3, -0.25) is 4.90 Å². The summed E-state index contributed by atoms with van der Waals surface area (Å²) in [7, 11) is 0. The van der Waals surface area contributed by atoms with Crippen LogP contribution in [-0.4, -0.2) is 30.1 Å². The molecule has 3 heteroatoms. The average molecular weight is 287 g/mol. The molecule has 1 aromatic carbocycles. The van der Waals surface area contributed by atoms with Crippen molar-refractivity contribution in [3.05, 3.63) is 48.0 Å². The molecule has 0 N–H and O–H groups in total. The van der Waals surface area contributed by atoms with Crippen LogP contribution in [-0.2, 0) is 16.0 Å². The maximum atomic E-state index is 6.36. The Balaban J connectivity index is 1.69. The largest absolute Gasteiger partial charge is 0.353 e. The van der Waals surface area contributed by atoms with Gasteiger partial charge in [0.15, 0.2) is 6.29 Å². The maximum Gasteiger partial charge on any atom is 0.159 e. The van der Waals surface area contributed by atoms with E-state index < -0.39 is 0 Å². The SMILES string of the molecule is CC1(OC2CCCCO2)CC=CCN1Cc1ccccc1. The van der Waals surface area contributed by atoms with Crippen LogP contribution < -0.4 is 0 Å². The number of rotatable bonds is 4. The molecule has 3 nitrogen and oxygen atoms in total. The fourth-order valence-electron chi connectivity index (χ4n) is 3.07. The van der Waals surface area contributed by atoms with Gasteiger partial charge in [-0.15, -0.1) is 0 Å². The Morgan fingerprint density at radius 1 is 1.24 bits per heavy atom. The van der Waals surface area contributed by atoms with Crippen LogP contribution in [0.1, 0.15) is 38.2 Å². The highest BCUT2D eigenvalue weighted by atomic mass is 16.7. The van der Waals surface area contributed by atoms with Crippen molar-refractivity contribution in [1.82, 2.24) is 4.90 Å². The van der Waals surface area contributed by atoms with Gasteiger partial charge in [0.1, 0.15) is 5.72 Å². The average Bonchev–Trinajstić information content (AvgIpc) is 2.52. The minimum absolute atomic E-state index is 0.0477. The lowest BCUT2D eigenvalue weighted by molar-refractivity contribution is -0.265. The molecular weight excluding hydrogens is 262 g/mol. The molecule has 2 aliphatic rings. The summed E-state index contributed by atoms with van der Waals surface area (Å²) < 4.78 is 12.1. The fraction of sp³-hybridized carbons (Fsp3) is 0.556. The molecule has 1 saturated heterocycles. The Morgan fingerprint density at radius 3 is 2.86 bits per heavy atom. The van der Waals surface area contributed by atoms with Crippen molar-refractivity contribution in [2.75, 3.05) is 13.2 Å². The summed E-state index contributed by atoms with van der Waals surface area (Å²) in [6.45, 7) is 4.86. The third kappa shape index (κ3) is 3.73. The van der Waals surface area contributed by atoms with Crippen LogP contribution in [0, 0.1) is 0 Å². The second-order valence-corrected chi connectivity index (χ2v) is 6.13. The van der Waals surface area contributed by atoms with E-state index in [4.69, 9.17) is 9.47 Å². The van der Waals surface area contributed by atoms with Crippen molar-refractivity contribution < 1.29 is 9.47 Å². The number of hydrogen-bond donors (Lipinski definition) is 0. The molecule has 0 saturated carbocycles. The summed E-state index contributed by atoms with van der Waals surface area (Å²) in [6, 6.07) is 10.6. The Kier molecular flexibility index (Phi) is 4.73. The van der Waals surface area contributed by atoms with Crippen molar-refractivity contribution in [1.29, 1.82) is 0 Å². The van der Waals surface area contributed by atoms with Gasteiger partial charge in [-0.2, -0.15) is 0 Å². The zero-order chi connectivity index (χ0) is 14.5. The van der Waals surface area contributed by atoms with Gasteiger partial charge in [-0.05, 0) is 31.7 Å². The van der Waals surface area contributed by atoms with Gasteiger partial charge in [0.25, 0.3) is 0 Å². The van der Waals surface area contributed by atoms with Crippen LogP contribution in [0.2, 0.25) is 0 Å². The lowest BCUT2D eigenvalue weighted by Crippen LogP contribution is -2.52. The van der Waals surface area contributed by atoms with Gasteiger partial charge < -0.3 is 9.47 Å². The molecule has 0 amide bonds. The molecule has 114 valence electrons. The van der Waals surface area contributed by atoms with Gasteiger partial charge in [-0.25, -0.2) is 0 Å². The quantitative estimate of drug-likeness (QED) is 0.788. The number of nitrogens with zero attached hydrogens (tertiary/aromatic N) is 1. The molecule has 0 spiro atoms. The molecule has 0 aliphatic carbocycles. The lowest BCUT2D eigenvalue weighted by Gasteiger charge is -2.44. The van der Waals surface area contributed by atoms with Crippen LogP contribution in [0.25, 0.3) is 0 Å². The second kappa shape index (κ2) is 6.73. The van der Waals surface area contributed by atoms with Crippen LogP contribution in [0.15, 0.2) is 42.5 Å². The molecule has 21 heavy (non-hydrogen) atoms. The van der Waals surface area contributed by atoms with Crippen molar-refractivity contribution in [3.63, 3.8) is 0 Å². The van der Waals surface area contributed by atoms with Gasteiger partial charge >= 0.3 is 0 Å². The Labute approximate surface area is 127 Å². The van der Waals surface area contributed by atoms with Crippen molar-refractivity contribution >= 4 is 0 Å². The molecule has 1 fully saturated rings. The first-order valence-corrected chi connectivity index (χ1v) is 8.00. The van der Waals surface area contributed by atoms with E-state index >= 15 is 0 Å². The first-order valence-electron chi connectivity index (χ1n) is 8.00. The first kappa shape index (κ1) is 14.8. The van der Waals surface area contributed by atoms with E-state index in [-0.39, 0.29) is 12.0 Å². The molecule has 0 aromatic heterocycles. The number of benzene rings is 1.